The topological polar surface area (TPSA) is 49.4 Å². The molecule has 4 heteroatoms. The molecule has 3 aliphatic rings. The predicted molar refractivity (Wildman–Crippen MR) is 77.0 cm³/mol. The predicted octanol–water partition coefficient (Wildman–Crippen LogP) is 1.94. The summed E-state index contributed by atoms with van der Waals surface area (Å²) in [6, 6.07) is 0.177. The lowest BCUT2D eigenvalue weighted by Gasteiger charge is -2.27. The van der Waals surface area contributed by atoms with E-state index in [2.05, 4.69) is 12.2 Å². The van der Waals surface area contributed by atoms with Crippen LogP contribution in [0, 0.1) is 17.3 Å². The maximum Gasteiger partial charge on any atom is 0.226 e. The Bertz CT molecular complexity index is 411. The highest BCUT2D eigenvalue weighted by Crippen LogP contribution is 2.42. The molecule has 3 fully saturated rings. The average Bonchev–Trinajstić information content (AvgIpc) is 3.00. The highest BCUT2D eigenvalue weighted by atomic mass is 16.2. The third-order valence-corrected chi connectivity index (χ3v) is 5.61. The second-order valence-corrected chi connectivity index (χ2v) is 7.27. The fourth-order valence-corrected chi connectivity index (χ4v) is 3.97. The molecule has 0 bridgehead atoms. The Hall–Kier alpha value is -1.06. The summed E-state index contributed by atoms with van der Waals surface area (Å²) in [5.74, 6) is 1.56. The van der Waals surface area contributed by atoms with Crippen LogP contribution in [0.25, 0.3) is 0 Å². The number of nitrogens with one attached hydrogen (secondary N) is 1. The Kier molecular flexibility index (Phi) is 3.51. The summed E-state index contributed by atoms with van der Waals surface area (Å²) < 4.78 is 0. The largest absolute Gasteiger partial charge is 0.351 e. The molecule has 2 amide bonds. The van der Waals surface area contributed by atoms with Crippen molar-refractivity contribution in [3.05, 3.63) is 0 Å². The summed E-state index contributed by atoms with van der Waals surface area (Å²) in [5.41, 5.74) is -0.169. The second kappa shape index (κ2) is 5.05. The monoisotopic (exact) mass is 278 g/mol. The van der Waals surface area contributed by atoms with E-state index in [0.717, 1.165) is 25.3 Å². The van der Waals surface area contributed by atoms with Gasteiger partial charge in [-0.2, -0.15) is 0 Å². The van der Waals surface area contributed by atoms with Crippen molar-refractivity contribution in [2.24, 2.45) is 17.3 Å². The molecule has 20 heavy (non-hydrogen) atoms. The molecule has 1 saturated heterocycles. The minimum atomic E-state index is -0.169. The van der Waals surface area contributed by atoms with E-state index in [1.54, 1.807) is 6.92 Å². The average molecular weight is 278 g/mol. The number of hydrogen-bond acceptors (Lipinski definition) is 2. The van der Waals surface area contributed by atoms with Crippen molar-refractivity contribution >= 4 is 11.8 Å². The van der Waals surface area contributed by atoms with Crippen LogP contribution in [0.15, 0.2) is 0 Å². The summed E-state index contributed by atoms with van der Waals surface area (Å²) in [4.78, 5) is 26.1. The first kappa shape index (κ1) is 13.9. The normalized spacial score (nSPS) is 32.4. The molecule has 1 N–H and O–H groups in total. The van der Waals surface area contributed by atoms with Gasteiger partial charge in [0.05, 0.1) is 6.04 Å². The molecule has 0 aromatic rings. The molecule has 112 valence electrons. The Morgan fingerprint density at radius 2 is 1.80 bits per heavy atom. The van der Waals surface area contributed by atoms with Crippen molar-refractivity contribution in [1.29, 1.82) is 0 Å². The first-order valence-electron chi connectivity index (χ1n) is 8.06. The Balaban J connectivity index is 1.65. The van der Waals surface area contributed by atoms with Crippen molar-refractivity contribution in [2.45, 2.75) is 58.4 Å². The van der Waals surface area contributed by atoms with E-state index >= 15 is 0 Å². The molecule has 0 aromatic heterocycles. The van der Waals surface area contributed by atoms with Gasteiger partial charge in [0.15, 0.2) is 0 Å². The maximum absolute atomic E-state index is 12.6. The van der Waals surface area contributed by atoms with Crippen LogP contribution >= 0.6 is 0 Å². The SMILES string of the molecule is CC(=O)N1C[C@H](NC(=O)C2(C)CCCC2)[C@@H](C2CC2)C1. The van der Waals surface area contributed by atoms with E-state index in [-0.39, 0.29) is 23.3 Å². The summed E-state index contributed by atoms with van der Waals surface area (Å²) >= 11 is 0. The Morgan fingerprint density at radius 3 is 2.35 bits per heavy atom. The van der Waals surface area contributed by atoms with Crippen LogP contribution in [0.4, 0.5) is 0 Å². The molecule has 2 saturated carbocycles. The zero-order valence-corrected chi connectivity index (χ0v) is 12.7. The molecule has 0 radical (unpaired) electrons. The Morgan fingerprint density at radius 1 is 1.15 bits per heavy atom. The molecule has 3 rings (SSSR count). The van der Waals surface area contributed by atoms with E-state index in [4.69, 9.17) is 0 Å². The minimum Gasteiger partial charge on any atom is -0.351 e. The molecular weight excluding hydrogens is 252 g/mol. The van der Waals surface area contributed by atoms with Crippen molar-refractivity contribution in [3.8, 4) is 0 Å². The van der Waals surface area contributed by atoms with Gasteiger partial charge in [-0.3, -0.25) is 9.59 Å². The number of hydrogen-bond donors (Lipinski definition) is 1. The van der Waals surface area contributed by atoms with Gasteiger partial charge in [0.2, 0.25) is 11.8 Å². The highest BCUT2D eigenvalue weighted by molar-refractivity contribution is 5.83. The number of carbonyl (C=O) groups excluding carboxylic acids is 2. The number of rotatable bonds is 3. The zero-order chi connectivity index (χ0) is 14.3. The molecule has 0 aromatic carbocycles. The van der Waals surface area contributed by atoms with Crippen LogP contribution in [-0.4, -0.2) is 35.8 Å². The van der Waals surface area contributed by atoms with Gasteiger partial charge in [-0.15, -0.1) is 0 Å². The smallest absolute Gasteiger partial charge is 0.226 e. The fraction of sp³-hybridized carbons (Fsp3) is 0.875. The molecule has 2 aliphatic carbocycles. The quantitative estimate of drug-likeness (QED) is 0.857. The Labute approximate surface area is 121 Å². The molecule has 4 nitrogen and oxygen atoms in total. The lowest BCUT2D eigenvalue weighted by molar-refractivity contribution is -0.131. The van der Waals surface area contributed by atoms with Crippen molar-refractivity contribution in [3.63, 3.8) is 0 Å². The molecular formula is C16H26N2O2. The van der Waals surface area contributed by atoms with Gasteiger partial charge < -0.3 is 10.2 Å². The zero-order valence-electron chi connectivity index (χ0n) is 12.7. The van der Waals surface area contributed by atoms with Gasteiger partial charge in [0.1, 0.15) is 0 Å². The van der Waals surface area contributed by atoms with Gasteiger partial charge >= 0.3 is 0 Å². The molecule has 1 aliphatic heterocycles. The molecule has 1 heterocycles. The van der Waals surface area contributed by atoms with Crippen LogP contribution in [0.3, 0.4) is 0 Å². The number of nitrogens with zero attached hydrogens (tertiary/aromatic N) is 1. The summed E-state index contributed by atoms with van der Waals surface area (Å²) in [6.07, 6.45) is 6.88. The third kappa shape index (κ3) is 2.57. The van der Waals surface area contributed by atoms with Gasteiger partial charge in [0.25, 0.3) is 0 Å². The van der Waals surface area contributed by atoms with E-state index in [0.29, 0.717) is 12.5 Å². The number of amides is 2. The summed E-state index contributed by atoms with van der Waals surface area (Å²) in [7, 11) is 0. The van der Waals surface area contributed by atoms with Gasteiger partial charge in [-0.1, -0.05) is 19.8 Å². The lowest BCUT2D eigenvalue weighted by atomic mass is 9.86. The van der Waals surface area contributed by atoms with Crippen molar-refractivity contribution < 1.29 is 9.59 Å². The maximum atomic E-state index is 12.6. The number of carbonyl (C=O) groups is 2. The van der Waals surface area contributed by atoms with Crippen LogP contribution in [0.1, 0.15) is 52.4 Å². The summed E-state index contributed by atoms with van der Waals surface area (Å²) in [5, 5.41) is 3.28. The first-order chi connectivity index (χ1) is 9.49. The van der Waals surface area contributed by atoms with Crippen molar-refractivity contribution in [2.75, 3.05) is 13.1 Å². The number of likely N-dealkylation sites (tertiary alicyclic amines) is 1. The molecule has 0 unspecified atom stereocenters. The highest BCUT2D eigenvalue weighted by Gasteiger charge is 2.45. The van der Waals surface area contributed by atoms with E-state index in [9.17, 15) is 9.59 Å². The molecule has 0 spiro atoms. The molecule has 2 atom stereocenters. The van der Waals surface area contributed by atoms with Gasteiger partial charge in [-0.05, 0) is 31.6 Å². The minimum absolute atomic E-state index is 0.138. The van der Waals surface area contributed by atoms with E-state index < -0.39 is 0 Å². The van der Waals surface area contributed by atoms with Gasteiger partial charge in [-0.25, -0.2) is 0 Å². The van der Waals surface area contributed by atoms with Gasteiger partial charge in [0, 0.05) is 31.3 Å². The third-order valence-electron chi connectivity index (χ3n) is 5.61. The fourth-order valence-electron chi connectivity index (χ4n) is 3.97. The van der Waals surface area contributed by atoms with Crippen LogP contribution in [0.5, 0.6) is 0 Å². The lowest BCUT2D eigenvalue weighted by Crippen LogP contribution is -2.47. The first-order valence-corrected chi connectivity index (χ1v) is 8.06. The van der Waals surface area contributed by atoms with Crippen LogP contribution in [0.2, 0.25) is 0 Å². The van der Waals surface area contributed by atoms with Crippen LogP contribution < -0.4 is 5.32 Å². The second-order valence-electron chi connectivity index (χ2n) is 7.27. The van der Waals surface area contributed by atoms with E-state index in [1.165, 1.54) is 25.7 Å². The van der Waals surface area contributed by atoms with Crippen LogP contribution in [-0.2, 0) is 9.59 Å². The van der Waals surface area contributed by atoms with Crippen molar-refractivity contribution in [1.82, 2.24) is 10.2 Å². The van der Waals surface area contributed by atoms with E-state index in [1.807, 2.05) is 4.90 Å². The standard InChI is InChI=1S/C16H26N2O2/c1-11(19)18-9-13(12-5-6-12)14(10-18)17-15(20)16(2)7-3-4-8-16/h12-14H,3-10H2,1-2H3,(H,17,20)/t13-,14+/m1/s1. The summed E-state index contributed by atoms with van der Waals surface area (Å²) in [6.45, 7) is 5.27.